The van der Waals surface area contributed by atoms with E-state index >= 15 is 0 Å². The first-order valence-electron chi connectivity index (χ1n) is 9.11. The molecule has 0 spiro atoms. The highest BCUT2D eigenvalue weighted by Crippen LogP contribution is 2.34. The summed E-state index contributed by atoms with van der Waals surface area (Å²) in [7, 11) is 0. The number of anilines is 1. The van der Waals surface area contributed by atoms with Crippen molar-refractivity contribution < 1.29 is 9.59 Å². The number of carbonyl (C=O) groups is 2. The second-order valence-corrected chi connectivity index (χ2v) is 8.14. The van der Waals surface area contributed by atoms with Crippen LogP contribution in [0.5, 0.6) is 0 Å². The van der Waals surface area contributed by atoms with Crippen LogP contribution in [0.2, 0.25) is 0 Å². The highest BCUT2D eigenvalue weighted by atomic mass is 32.1. The van der Waals surface area contributed by atoms with E-state index in [0.717, 1.165) is 36.7 Å². The molecular formula is C18H27N3O2S. The first-order valence-corrected chi connectivity index (χ1v) is 9.93. The van der Waals surface area contributed by atoms with Gasteiger partial charge in [-0.15, -0.1) is 11.3 Å². The Morgan fingerprint density at radius 3 is 2.71 bits per heavy atom. The summed E-state index contributed by atoms with van der Waals surface area (Å²) < 4.78 is 0. The molecule has 1 aromatic rings. The lowest BCUT2D eigenvalue weighted by Gasteiger charge is -2.30. The Morgan fingerprint density at radius 2 is 2.04 bits per heavy atom. The van der Waals surface area contributed by atoms with Crippen molar-refractivity contribution >= 4 is 28.3 Å². The summed E-state index contributed by atoms with van der Waals surface area (Å²) in [4.78, 5) is 31.7. The quantitative estimate of drug-likeness (QED) is 0.907. The van der Waals surface area contributed by atoms with Gasteiger partial charge in [0.15, 0.2) is 5.13 Å². The lowest BCUT2D eigenvalue weighted by molar-refractivity contribution is -0.132. The molecule has 6 heteroatoms. The molecule has 1 aliphatic heterocycles. The minimum absolute atomic E-state index is 0.00521. The summed E-state index contributed by atoms with van der Waals surface area (Å²) in [5.74, 6) is 0.939. The van der Waals surface area contributed by atoms with E-state index < -0.39 is 0 Å². The van der Waals surface area contributed by atoms with E-state index in [4.69, 9.17) is 0 Å². The first-order chi connectivity index (χ1) is 11.6. The number of aromatic nitrogens is 1. The number of carbonyl (C=O) groups excluding carboxylic acids is 2. The number of hydrogen-bond donors (Lipinski definition) is 1. The number of nitrogens with zero attached hydrogens (tertiary/aromatic N) is 2. The molecule has 1 aliphatic carbocycles. The van der Waals surface area contributed by atoms with Crippen molar-refractivity contribution in [2.75, 3.05) is 18.4 Å². The van der Waals surface area contributed by atoms with Crippen LogP contribution in [-0.2, 0) is 22.4 Å². The van der Waals surface area contributed by atoms with Crippen molar-refractivity contribution in [2.45, 2.75) is 58.8 Å². The van der Waals surface area contributed by atoms with Crippen LogP contribution in [0.4, 0.5) is 5.13 Å². The van der Waals surface area contributed by atoms with Gasteiger partial charge in [-0.25, -0.2) is 4.98 Å². The molecule has 1 N–H and O–H groups in total. The number of aryl methyl sites for hydroxylation is 1. The van der Waals surface area contributed by atoms with Crippen molar-refractivity contribution in [1.29, 1.82) is 0 Å². The van der Waals surface area contributed by atoms with Gasteiger partial charge in [-0.2, -0.15) is 0 Å². The average Bonchev–Trinajstić information content (AvgIpc) is 2.96. The van der Waals surface area contributed by atoms with Crippen molar-refractivity contribution in [3.05, 3.63) is 10.6 Å². The molecule has 1 saturated heterocycles. The highest BCUT2D eigenvalue weighted by Gasteiger charge is 2.27. The second-order valence-electron chi connectivity index (χ2n) is 7.06. The van der Waals surface area contributed by atoms with Gasteiger partial charge < -0.3 is 10.2 Å². The molecule has 0 radical (unpaired) electrons. The normalized spacial score (nSPS) is 21.4. The number of thiazole rings is 1. The second kappa shape index (κ2) is 7.64. The number of rotatable bonds is 4. The third-order valence-electron chi connectivity index (χ3n) is 5.28. The Kier molecular flexibility index (Phi) is 5.54. The van der Waals surface area contributed by atoms with Crippen molar-refractivity contribution in [2.24, 2.45) is 11.8 Å². The van der Waals surface area contributed by atoms with Gasteiger partial charge in [0.05, 0.1) is 5.69 Å². The van der Waals surface area contributed by atoms with Crippen LogP contribution in [0, 0.1) is 11.8 Å². The lowest BCUT2D eigenvalue weighted by Crippen LogP contribution is -2.40. The number of fused-ring (bicyclic) bond motifs is 1. The third-order valence-corrected chi connectivity index (χ3v) is 6.32. The van der Waals surface area contributed by atoms with Crippen molar-refractivity contribution in [3.8, 4) is 0 Å². The zero-order valence-corrected chi connectivity index (χ0v) is 15.5. The maximum Gasteiger partial charge on any atom is 0.229 e. The fourth-order valence-electron chi connectivity index (χ4n) is 3.82. The van der Waals surface area contributed by atoms with Crippen molar-refractivity contribution in [3.63, 3.8) is 0 Å². The van der Waals surface area contributed by atoms with Gasteiger partial charge in [-0.3, -0.25) is 9.59 Å². The minimum atomic E-state index is -0.00521. The molecule has 2 aliphatic rings. The van der Waals surface area contributed by atoms with E-state index in [2.05, 4.69) is 17.2 Å². The average molecular weight is 350 g/mol. The first kappa shape index (κ1) is 17.4. The summed E-state index contributed by atoms with van der Waals surface area (Å²) in [5, 5.41) is 3.79. The van der Waals surface area contributed by atoms with Crippen LogP contribution in [0.1, 0.15) is 56.5 Å². The number of piperidine rings is 1. The predicted octanol–water partition coefficient (Wildman–Crippen LogP) is 3.25. The highest BCUT2D eigenvalue weighted by molar-refractivity contribution is 7.15. The van der Waals surface area contributed by atoms with Gasteiger partial charge in [-0.1, -0.05) is 19.8 Å². The maximum absolute atomic E-state index is 12.5. The Balaban J connectivity index is 1.55. The fraction of sp³-hybridized carbons (Fsp3) is 0.722. The molecule has 132 valence electrons. The van der Waals surface area contributed by atoms with Crippen LogP contribution >= 0.6 is 11.3 Å². The number of nitrogens with one attached hydrogen (secondary N) is 1. The summed E-state index contributed by atoms with van der Waals surface area (Å²) >= 11 is 1.66. The number of amides is 2. The minimum Gasteiger partial charge on any atom is -0.343 e. The zero-order chi connectivity index (χ0) is 17.1. The topological polar surface area (TPSA) is 62.3 Å². The Morgan fingerprint density at radius 1 is 1.29 bits per heavy atom. The molecule has 5 nitrogen and oxygen atoms in total. The van der Waals surface area contributed by atoms with Crippen LogP contribution in [0.3, 0.4) is 0 Å². The molecular weight excluding hydrogens is 322 g/mol. The monoisotopic (exact) mass is 349 g/mol. The third kappa shape index (κ3) is 3.97. The van der Waals surface area contributed by atoms with Crippen molar-refractivity contribution in [1.82, 2.24) is 9.88 Å². The van der Waals surface area contributed by atoms with Crippen LogP contribution < -0.4 is 5.32 Å². The Bertz CT molecular complexity index is 605. The van der Waals surface area contributed by atoms with Gasteiger partial charge in [0.1, 0.15) is 0 Å². The van der Waals surface area contributed by atoms with Gasteiger partial charge in [0.2, 0.25) is 11.8 Å². The summed E-state index contributed by atoms with van der Waals surface area (Å²) in [5.41, 5.74) is 1.19. The molecule has 0 bridgehead atoms. The van der Waals surface area contributed by atoms with Crippen LogP contribution in [0.15, 0.2) is 0 Å². The summed E-state index contributed by atoms with van der Waals surface area (Å²) in [6, 6.07) is 0. The molecule has 2 amide bonds. The molecule has 0 unspecified atom stereocenters. The van der Waals surface area contributed by atoms with E-state index in [9.17, 15) is 9.59 Å². The van der Waals surface area contributed by atoms with E-state index in [1.165, 1.54) is 29.8 Å². The summed E-state index contributed by atoms with van der Waals surface area (Å²) in [6.45, 7) is 5.19. The maximum atomic E-state index is 12.5. The molecule has 24 heavy (non-hydrogen) atoms. The van der Waals surface area contributed by atoms with Gasteiger partial charge in [0, 0.05) is 30.8 Å². The zero-order valence-electron chi connectivity index (χ0n) is 14.6. The predicted molar refractivity (Wildman–Crippen MR) is 96.1 cm³/mol. The molecule has 0 saturated carbocycles. The van der Waals surface area contributed by atoms with E-state index in [0.29, 0.717) is 13.1 Å². The largest absolute Gasteiger partial charge is 0.343 e. The summed E-state index contributed by atoms with van der Waals surface area (Å²) in [6.07, 6.45) is 7.40. The molecule has 0 aromatic carbocycles. The standard InChI is InChI=1S/C18H27N3O2S/c1-3-4-13-5-6-15-16(11-13)24-18(19-15)20-17(23)14-7-9-21(10-8-14)12(2)22/h13-14H,3-11H2,1-2H3,(H,19,20,23)/t13-/m0/s1. The lowest BCUT2D eigenvalue weighted by atomic mass is 9.88. The molecule has 1 aromatic heterocycles. The Hall–Kier alpha value is -1.43. The molecule has 1 atom stereocenters. The Labute approximate surface area is 147 Å². The van der Waals surface area contributed by atoms with Crippen LogP contribution in [0.25, 0.3) is 0 Å². The number of likely N-dealkylation sites (tertiary alicyclic amines) is 1. The van der Waals surface area contributed by atoms with Gasteiger partial charge in [-0.05, 0) is 38.0 Å². The van der Waals surface area contributed by atoms with Gasteiger partial charge in [0.25, 0.3) is 0 Å². The van der Waals surface area contributed by atoms with E-state index in [1.54, 1.807) is 18.3 Å². The van der Waals surface area contributed by atoms with Crippen LogP contribution in [-0.4, -0.2) is 34.8 Å². The molecule has 2 heterocycles. The molecule has 1 fully saturated rings. The van der Waals surface area contributed by atoms with E-state index in [1.807, 2.05) is 4.90 Å². The SMILES string of the molecule is CCC[C@H]1CCc2nc(NC(=O)C3CCN(C(C)=O)CC3)sc2C1. The van der Waals surface area contributed by atoms with Gasteiger partial charge >= 0.3 is 0 Å². The number of hydrogen-bond acceptors (Lipinski definition) is 4. The smallest absolute Gasteiger partial charge is 0.229 e. The molecule has 3 rings (SSSR count). The fourth-order valence-corrected chi connectivity index (χ4v) is 4.94. The van der Waals surface area contributed by atoms with E-state index in [-0.39, 0.29) is 17.7 Å².